The fraction of sp³-hybridized carbons (Fsp3) is 0.120. The molecule has 1 amide bonds. The maximum Gasteiger partial charge on any atom is 0.255 e. The number of anilines is 1. The van der Waals surface area contributed by atoms with Crippen LogP contribution in [0.1, 0.15) is 21.7 Å². The van der Waals surface area contributed by atoms with Crippen LogP contribution in [0.15, 0.2) is 60.7 Å². The highest BCUT2D eigenvalue weighted by molar-refractivity contribution is 6.02. The molecule has 0 aliphatic rings. The number of hydrogen-bond donors (Lipinski definition) is 3. The van der Waals surface area contributed by atoms with Crippen LogP contribution in [0.3, 0.4) is 0 Å². The molecule has 0 saturated carbocycles. The molecule has 35 heavy (non-hydrogen) atoms. The summed E-state index contributed by atoms with van der Waals surface area (Å²) in [4.78, 5) is 20.6. The number of methoxy groups -OCH3 is 3. The third kappa shape index (κ3) is 5.03. The molecule has 0 unspecified atom stereocenters. The number of carbonyl (C=O) groups is 1. The summed E-state index contributed by atoms with van der Waals surface area (Å²) in [5.41, 5.74) is 2.53. The number of nitrogens with one attached hydrogen (secondary N) is 2. The largest absolute Gasteiger partial charge is 0.733 e. The molecule has 4 aromatic rings. The maximum absolute atomic E-state index is 13.0. The number of H-pyrrole nitrogens is 1. The monoisotopic (exact) mass is 475 g/mol. The van der Waals surface area contributed by atoms with E-state index in [2.05, 4.69) is 15.3 Å². The first kappa shape index (κ1) is 23.6. The van der Waals surface area contributed by atoms with E-state index in [1.807, 2.05) is 6.07 Å². The van der Waals surface area contributed by atoms with E-state index in [9.17, 15) is 15.2 Å². The molecule has 0 fully saturated rings. The van der Waals surface area contributed by atoms with Crippen molar-refractivity contribution in [3.8, 4) is 17.2 Å². The number of imidazole rings is 1. The molecule has 0 radical (unpaired) electrons. The molecule has 180 valence electrons. The molecular formula is C25H23N4O6-. The van der Waals surface area contributed by atoms with Crippen LogP contribution in [0.2, 0.25) is 0 Å². The summed E-state index contributed by atoms with van der Waals surface area (Å²) in [6.45, 7) is 0. The van der Waals surface area contributed by atoms with Crippen LogP contribution < -0.4 is 24.8 Å². The van der Waals surface area contributed by atoms with Gasteiger partial charge in [-0.3, -0.25) is 10.0 Å². The second-order valence-corrected chi connectivity index (χ2v) is 7.40. The highest BCUT2D eigenvalue weighted by Gasteiger charge is 2.17. The standard InChI is InChI=1S/C25H23N4O6/c1-33-21-12-15(13-22(34-2)23(21)35-3)11-20(28-25(30)16-7-5-4-6-8-16)24-26-18-10-9-17(29(31)32)14-19(18)27-24/h4-14,31H,1-3H3,(H,26,27)(H,28,30)/q-1/b20-11-. The Balaban J connectivity index is 1.83. The minimum absolute atomic E-state index is 0.0381. The average molecular weight is 475 g/mol. The number of hydrogen-bond acceptors (Lipinski definition) is 8. The van der Waals surface area contributed by atoms with Gasteiger partial charge in [-0.2, -0.15) is 0 Å². The molecule has 0 aliphatic carbocycles. The smallest absolute Gasteiger partial charge is 0.255 e. The van der Waals surface area contributed by atoms with E-state index in [1.54, 1.807) is 48.5 Å². The quantitative estimate of drug-likeness (QED) is 0.323. The minimum atomic E-state index is -0.341. The van der Waals surface area contributed by atoms with E-state index in [0.29, 0.717) is 50.9 Å². The molecule has 3 N–H and O–H groups in total. The van der Waals surface area contributed by atoms with E-state index in [-0.39, 0.29) is 16.8 Å². The number of benzene rings is 3. The third-order valence-corrected chi connectivity index (χ3v) is 5.22. The number of aromatic amines is 1. The SMILES string of the molecule is COc1cc(/C=C(\NC(=O)c2ccccc2)c2nc3ccc(N([O-])O)cc3[nH]2)cc(OC)c1OC. The van der Waals surface area contributed by atoms with Crippen molar-refractivity contribution in [2.75, 3.05) is 26.6 Å². The van der Waals surface area contributed by atoms with E-state index >= 15 is 0 Å². The zero-order valence-electron chi connectivity index (χ0n) is 19.2. The van der Waals surface area contributed by atoms with Gasteiger partial charge in [-0.25, -0.2) is 4.98 Å². The predicted molar refractivity (Wildman–Crippen MR) is 132 cm³/mol. The fourth-order valence-corrected chi connectivity index (χ4v) is 3.54. The van der Waals surface area contributed by atoms with Crippen LogP contribution in [0.5, 0.6) is 17.2 Å². The maximum atomic E-state index is 13.0. The van der Waals surface area contributed by atoms with Gasteiger partial charge in [0.2, 0.25) is 5.75 Å². The van der Waals surface area contributed by atoms with Crippen molar-refractivity contribution in [3.05, 3.63) is 82.8 Å². The third-order valence-electron chi connectivity index (χ3n) is 5.22. The topological polar surface area (TPSA) is 132 Å². The zero-order chi connectivity index (χ0) is 24.9. The Bertz CT molecular complexity index is 1360. The van der Waals surface area contributed by atoms with Crippen LogP contribution >= 0.6 is 0 Å². The lowest BCUT2D eigenvalue weighted by molar-refractivity contribution is 0.0973. The second-order valence-electron chi connectivity index (χ2n) is 7.40. The summed E-state index contributed by atoms with van der Waals surface area (Å²) in [6.07, 6.45) is 1.70. The molecule has 0 bridgehead atoms. The minimum Gasteiger partial charge on any atom is -0.733 e. The lowest BCUT2D eigenvalue weighted by Gasteiger charge is -2.20. The number of ether oxygens (including phenoxy) is 3. The lowest BCUT2D eigenvalue weighted by Crippen LogP contribution is -2.22. The van der Waals surface area contributed by atoms with Crippen molar-refractivity contribution in [1.29, 1.82) is 0 Å². The van der Waals surface area contributed by atoms with Crippen molar-refractivity contribution in [3.63, 3.8) is 0 Å². The van der Waals surface area contributed by atoms with Crippen molar-refractivity contribution in [1.82, 2.24) is 15.3 Å². The molecule has 4 rings (SSSR count). The molecular weight excluding hydrogens is 452 g/mol. The Morgan fingerprint density at radius 1 is 1.03 bits per heavy atom. The molecule has 10 heteroatoms. The highest BCUT2D eigenvalue weighted by atomic mass is 16.8. The zero-order valence-corrected chi connectivity index (χ0v) is 19.2. The first-order valence-corrected chi connectivity index (χ1v) is 10.5. The van der Waals surface area contributed by atoms with Crippen molar-refractivity contribution in [2.45, 2.75) is 0 Å². The van der Waals surface area contributed by atoms with Crippen LogP contribution in [-0.4, -0.2) is 42.4 Å². The van der Waals surface area contributed by atoms with Gasteiger partial charge in [-0.05, 0) is 54.1 Å². The molecule has 1 heterocycles. The molecule has 1 aromatic heterocycles. The Kier molecular flexibility index (Phi) is 6.86. The summed E-state index contributed by atoms with van der Waals surface area (Å²) in [7, 11) is 4.54. The van der Waals surface area contributed by atoms with Gasteiger partial charge < -0.3 is 34.9 Å². The van der Waals surface area contributed by atoms with Gasteiger partial charge in [0.05, 0.1) is 43.7 Å². The van der Waals surface area contributed by atoms with Gasteiger partial charge in [-0.15, -0.1) is 0 Å². The summed E-state index contributed by atoms with van der Waals surface area (Å²) in [5.74, 6) is 1.32. The summed E-state index contributed by atoms with van der Waals surface area (Å²) in [5, 5.41) is 23.2. The number of amides is 1. The Hall–Kier alpha value is -4.54. The van der Waals surface area contributed by atoms with E-state index < -0.39 is 0 Å². The average Bonchev–Trinajstić information content (AvgIpc) is 3.31. The summed E-state index contributed by atoms with van der Waals surface area (Å²) in [6, 6.07) is 16.7. The predicted octanol–water partition coefficient (Wildman–Crippen LogP) is 4.21. The second kappa shape index (κ2) is 10.2. The van der Waals surface area contributed by atoms with E-state index in [4.69, 9.17) is 14.2 Å². The van der Waals surface area contributed by atoms with E-state index in [1.165, 1.54) is 33.5 Å². The molecule has 10 nitrogen and oxygen atoms in total. The Morgan fingerprint density at radius 3 is 2.31 bits per heavy atom. The van der Waals surface area contributed by atoms with Gasteiger partial charge in [0.15, 0.2) is 17.3 Å². The molecule has 0 atom stereocenters. The lowest BCUT2D eigenvalue weighted by atomic mass is 10.1. The number of rotatable bonds is 8. The fourth-order valence-electron chi connectivity index (χ4n) is 3.54. The number of nitrogens with zero attached hydrogens (tertiary/aromatic N) is 2. The molecule has 3 aromatic carbocycles. The number of fused-ring (bicyclic) bond motifs is 1. The van der Waals surface area contributed by atoms with Crippen molar-refractivity contribution in [2.24, 2.45) is 0 Å². The van der Waals surface area contributed by atoms with Crippen LogP contribution in [-0.2, 0) is 0 Å². The van der Waals surface area contributed by atoms with Gasteiger partial charge in [0.25, 0.3) is 5.91 Å². The summed E-state index contributed by atoms with van der Waals surface area (Å²) < 4.78 is 16.3. The van der Waals surface area contributed by atoms with Gasteiger partial charge in [0.1, 0.15) is 0 Å². The Morgan fingerprint density at radius 2 is 1.71 bits per heavy atom. The van der Waals surface area contributed by atoms with Gasteiger partial charge in [-0.1, -0.05) is 18.2 Å². The van der Waals surface area contributed by atoms with Crippen LogP contribution in [0.25, 0.3) is 22.8 Å². The normalized spacial score (nSPS) is 11.3. The molecule has 0 aliphatic heterocycles. The van der Waals surface area contributed by atoms with E-state index in [0.717, 1.165) is 0 Å². The number of aromatic nitrogens is 2. The van der Waals surface area contributed by atoms with Crippen LogP contribution in [0.4, 0.5) is 5.69 Å². The van der Waals surface area contributed by atoms with Crippen LogP contribution in [0, 0.1) is 5.21 Å². The van der Waals surface area contributed by atoms with Gasteiger partial charge >= 0.3 is 0 Å². The van der Waals surface area contributed by atoms with Crippen molar-refractivity contribution >= 4 is 34.4 Å². The summed E-state index contributed by atoms with van der Waals surface area (Å²) >= 11 is 0. The van der Waals surface area contributed by atoms with Crippen molar-refractivity contribution < 1.29 is 24.2 Å². The first-order valence-electron chi connectivity index (χ1n) is 10.5. The Labute approximate surface area is 200 Å². The molecule has 0 saturated heterocycles. The highest BCUT2D eigenvalue weighted by Crippen LogP contribution is 2.39. The number of carbonyl (C=O) groups excluding carboxylic acids is 1. The van der Waals surface area contributed by atoms with Gasteiger partial charge in [0, 0.05) is 5.56 Å². The molecule has 0 spiro atoms. The first-order chi connectivity index (χ1) is 16.9.